The molecule has 2 aromatic carbocycles. The van der Waals surface area contributed by atoms with Gasteiger partial charge < -0.3 is 10.6 Å². The zero-order valence-corrected chi connectivity index (χ0v) is 17.0. The molecule has 162 valence electrons. The number of hydrogen-bond donors (Lipinski definition) is 3. The second-order valence-electron chi connectivity index (χ2n) is 7.14. The molecular weight excluding hydrogens is 415 g/mol. The van der Waals surface area contributed by atoms with Crippen LogP contribution in [0, 0.1) is 5.82 Å². The molecule has 4 aromatic rings. The molecule has 0 radical (unpaired) electrons. The van der Waals surface area contributed by atoms with Crippen LogP contribution in [0.15, 0.2) is 65.7 Å². The number of benzene rings is 2. The van der Waals surface area contributed by atoms with E-state index in [9.17, 15) is 18.8 Å². The number of amides is 2. The third-order valence-corrected chi connectivity index (χ3v) is 4.83. The average Bonchev–Trinajstić information content (AvgIpc) is 3.25. The van der Waals surface area contributed by atoms with Gasteiger partial charge in [0.25, 0.3) is 17.2 Å². The lowest BCUT2D eigenvalue weighted by atomic mass is 10.1. The van der Waals surface area contributed by atoms with Crippen LogP contribution in [-0.4, -0.2) is 31.4 Å². The Morgan fingerprint density at radius 1 is 1.16 bits per heavy atom. The number of rotatable bonds is 6. The summed E-state index contributed by atoms with van der Waals surface area (Å²) in [5, 5.41) is 8.11. The number of H-pyrrole nitrogens is 1. The summed E-state index contributed by atoms with van der Waals surface area (Å²) >= 11 is 0. The average molecular weight is 434 g/mol. The zero-order valence-electron chi connectivity index (χ0n) is 17.0. The Kier molecular flexibility index (Phi) is 5.75. The summed E-state index contributed by atoms with van der Waals surface area (Å²) in [6, 6.07) is 13.7. The van der Waals surface area contributed by atoms with E-state index >= 15 is 0 Å². The van der Waals surface area contributed by atoms with Gasteiger partial charge in [-0.05, 0) is 36.2 Å². The predicted molar refractivity (Wildman–Crippen MR) is 115 cm³/mol. The molecule has 2 aromatic heterocycles. The molecule has 0 saturated carbocycles. The highest BCUT2D eigenvalue weighted by Crippen LogP contribution is 2.18. The highest BCUT2D eigenvalue weighted by atomic mass is 19.1. The lowest BCUT2D eigenvalue weighted by molar-refractivity contribution is -0.115. The first-order chi connectivity index (χ1) is 15.4. The minimum atomic E-state index is -0.533. The first-order valence-corrected chi connectivity index (χ1v) is 9.78. The first kappa shape index (κ1) is 20.9. The van der Waals surface area contributed by atoms with Crippen molar-refractivity contribution in [2.75, 3.05) is 5.32 Å². The molecule has 1 unspecified atom stereocenters. The number of nitrogens with zero attached hydrogens (tertiary/aromatic N) is 3. The summed E-state index contributed by atoms with van der Waals surface area (Å²) in [4.78, 5) is 44.9. The van der Waals surface area contributed by atoms with Gasteiger partial charge in [-0.2, -0.15) is 4.52 Å². The van der Waals surface area contributed by atoms with Crippen LogP contribution in [0.5, 0.6) is 0 Å². The van der Waals surface area contributed by atoms with Crippen LogP contribution in [0.4, 0.5) is 10.1 Å². The van der Waals surface area contributed by atoms with E-state index in [-0.39, 0.29) is 23.8 Å². The van der Waals surface area contributed by atoms with E-state index in [2.05, 4.69) is 25.7 Å². The van der Waals surface area contributed by atoms with E-state index in [0.29, 0.717) is 11.3 Å². The molecule has 2 heterocycles. The van der Waals surface area contributed by atoms with Gasteiger partial charge in [0.1, 0.15) is 17.8 Å². The highest BCUT2D eigenvalue weighted by molar-refractivity contribution is 5.93. The quantitative estimate of drug-likeness (QED) is 0.430. The number of carbonyl (C=O) groups is 2. The van der Waals surface area contributed by atoms with Gasteiger partial charge >= 0.3 is 0 Å². The minimum Gasteiger partial charge on any atom is -0.344 e. The fourth-order valence-electron chi connectivity index (χ4n) is 3.20. The fraction of sp³-hybridized carbons (Fsp3) is 0.136. The van der Waals surface area contributed by atoms with E-state index in [0.717, 1.165) is 16.1 Å². The third-order valence-electron chi connectivity index (χ3n) is 4.83. The smallest absolute Gasteiger partial charge is 0.274 e. The van der Waals surface area contributed by atoms with Crippen LogP contribution in [0.25, 0.3) is 5.78 Å². The number of halogens is 1. The SMILES string of the molecule is CC(NC(=O)c1cc(=O)n2[nH]cnc2n1)c1cccc(NC(=O)Cc2ccccc2F)c1. The van der Waals surface area contributed by atoms with Crippen molar-refractivity contribution >= 4 is 23.3 Å². The van der Waals surface area contributed by atoms with E-state index < -0.39 is 23.3 Å². The van der Waals surface area contributed by atoms with Crippen LogP contribution in [0.3, 0.4) is 0 Å². The second-order valence-corrected chi connectivity index (χ2v) is 7.14. The summed E-state index contributed by atoms with van der Waals surface area (Å²) in [7, 11) is 0. The van der Waals surface area contributed by atoms with Crippen molar-refractivity contribution in [3.05, 3.63) is 93.9 Å². The molecule has 10 heteroatoms. The topological polar surface area (TPSA) is 121 Å². The molecule has 0 aliphatic carbocycles. The minimum absolute atomic E-state index is 0.0525. The fourth-order valence-corrected chi connectivity index (χ4v) is 3.20. The summed E-state index contributed by atoms with van der Waals surface area (Å²) < 4.78 is 14.9. The number of nitrogens with one attached hydrogen (secondary N) is 3. The second kappa shape index (κ2) is 8.80. The molecule has 2 amide bonds. The van der Waals surface area contributed by atoms with Crippen molar-refractivity contribution in [1.29, 1.82) is 0 Å². The number of fused-ring (bicyclic) bond motifs is 1. The lowest BCUT2D eigenvalue weighted by Crippen LogP contribution is -2.29. The monoisotopic (exact) mass is 434 g/mol. The lowest BCUT2D eigenvalue weighted by Gasteiger charge is -2.15. The molecular formula is C22H19FN6O3. The number of carbonyl (C=O) groups excluding carboxylic acids is 2. The first-order valence-electron chi connectivity index (χ1n) is 9.78. The van der Waals surface area contributed by atoms with E-state index in [1.807, 2.05) is 0 Å². The Morgan fingerprint density at radius 2 is 1.97 bits per heavy atom. The number of hydrogen-bond acceptors (Lipinski definition) is 5. The molecule has 0 spiro atoms. The molecule has 3 N–H and O–H groups in total. The maximum atomic E-state index is 13.8. The standard InChI is InChI=1S/C22H19FN6O3/c1-13(26-21(32)18-11-20(31)29-22(28-18)24-12-25-29)14-6-4-7-16(9-14)27-19(30)10-15-5-2-3-8-17(15)23/h2-9,11-13H,10H2,1H3,(H,26,32)(H,27,30)(H,24,25,28). The third kappa shape index (κ3) is 4.53. The molecule has 1 atom stereocenters. The predicted octanol–water partition coefficient (Wildman–Crippen LogP) is 2.23. The normalized spacial score (nSPS) is 11.8. The van der Waals surface area contributed by atoms with E-state index in [4.69, 9.17) is 0 Å². The van der Waals surface area contributed by atoms with Gasteiger partial charge in [-0.15, -0.1) is 0 Å². The Hall–Kier alpha value is -4.34. The molecule has 0 aliphatic rings. The molecule has 4 rings (SSSR count). The van der Waals surface area contributed by atoms with Gasteiger partial charge in [0.15, 0.2) is 0 Å². The summed E-state index contributed by atoms with van der Waals surface area (Å²) in [5.74, 6) is -1.24. The molecule has 9 nitrogen and oxygen atoms in total. The van der Waals surface area contributed by atoms with Crippen molar-refractivity contribution < 1.29 is 14.0 Å². The van der Waals surface area contributed by atoms with Crippen molar-refractivity contribution in [3.8, 4) is 0 Å². The summed E-state index contributed by atoms with van der Waals surface area (Å²) in [6.45, 7) is 1.76. The number of anilines is 1. The molecule has 0 bridgehead atoms. The van der Waals surface area contributed by atoms with Crippen molar-refractivity contribution in [1.82, 2.24) is 24.9 Å². The van der Waals surface area contributed by atoms with Crippen LogP contribution in [0.1, 0.15) is 34.6 Å². The van der Waals surface area contributed by atoms with E-state index in [1.165, 1.54) is 12.4 Å². The van der Waals surface area contributed by atoms with Crippen molar-refractivity contribution in [2.24, 2.45) is 0 Å². The van der Waals surface area contributed by atoms with Gasteiger partial charge in [0.2, 0.25) is 5.91 Å². The highest BCUT2D eigenvalue weighted by Gasteiger charge is 2.16. The van der Waals surface area contributed by atoms with Gasteiger partial charge in [-0.25, -0.2) is 14.4 Å². The van der Waals surface area contributed by atoms with Crippen LogP contribution in [0.2, 0.25) is 0 Å². The number of aromatic amines is 1. The Bertz CT molecular complexity index is 1360. The molecule has 0 saturated heterocycles. The largest absolute Gasteiger partial charge is 0.344 e. The molecule has 32 heavy (non-hydrogen) atoms. The Balaban J connectivity index is 1.44. The Labute approximate surface area is 181 Å². The summed E-state index contributed by atoms with van der Waals surface area (Å²) in [5.41, 5.74) is 1.03. The zero-order chi connectivity index (χ0) is 22.7. The van der Waals surface area contributed by atoms with Crippen LogP contribution < -0.4 is 16.2 Å². The maximum absolute atomic E-state index is 13.8. The van der Waals surface area contributed by atoms with Crippen molar-refractivity contribution in [2.45, 2.75) is 19.4 Å². The van der Waals surface area contributed by atoms with Gasteiger partial charge in [0, 0.05) is 11.8 Å². The van der Waals surface area contributed by atoms with Crippen LogP contribution >= 0.6 is 0 Å². The summed E-state index contributed by atoms with van der Waals surface area (Å²) in [6.07, 6.45) is 1.21. The van der Waals surface area contributed by atoms with Gasteiger partial charge in [-0.3, -0.25) is 19.5 Å². The van der Waals surface area contributed by atoms with Crippen LogP contribution in [-0.2, 0) is 11.2 Å². The number of aromatic nitrogens is 4. The van der Waals surface area contributed by atoms with Gasteiger partial charge in [-0.1, -0.05) is 30.3 Å². The van der Waals surface area contributed by atoms with E-state index in [1.54, 1.807) is 49.4 Å². The van der Waals surface area contributed by atoms with Crippen molar-refractivity contribution in [3.63, 3.8) is 0 Å². The Morgan fingerprint density at radius 3 is 2.78 bits per heavy atom. The molecule has 0 aliphatic heterocycles. The maximum Gasteiger partial charge on any atom is 0.274 e. The van der Waals surface area contributed by atoms with Gasteiger partial charge in [0.05, 0.1) is 12.5 Å². The molecule has 0 fully saturated rings.